The highest BCUT2D eigenvalue weighted by molar-refractivity contribution is 5.10. The molecule has 0 fully saturated rings. The van der Waals surface area contributed by atoms with Crippen molar-refractivity contribution in [2.24, 2.45) is 5.84 Å². The summed E-state index contributed by atoms with van der Waals surface area (Å²) in [5.74, 6) is 5.01. The van der Waals surface area contributed by atoms with E-state index in [1.54, 1.807) is 0 Å². The fraction of sp³-hybridized carbons (Fsp3) is 0.333. The van der Waals surface area contributed by atoms with Gasteiger partial charge in [-0.05, 0) is 12.5 Å². The molecule has 0 saturated carbocycles. The lowest BCUT2D eigenvalue weighted by Crippen LogP contribution is -2.18. The summed E-state index contributed by atoms with van der Waals surface area (Å²) >= 11 is 0. The molecule has 0 bridgehead atoms. The van der Waals surface area contributed by atoms with E-state index in [2.05, 4.69) is 18.9 Å². The van der Waals surface area contributed by atoms with Crippen molar-refractivity contribution in [2.75, 3.05) is 0 Å². The molecular weight excluding hydrogens is 100 g/mol. The zero-order valence-electron chi connectivity index (χ0n) is 5.15. The van der Waals surface area contributed by atoms with Gasteiger partial charge < -0.3 is 5.43 Å². The fourth-order valence-corrected chi connectivity index (χ4v) is 0.308. The van der Waals surface area contributed by atoms with Crippen molar-refractivity contribution in [1.29, 1.82) is 0 Å². The normalized spacial score (nSPS) is 9.75. The lowest BCUT2D eigenvalue weighted by molar-refractivity contribution is 0.919. The number of nitrogens with one attached hydrogen (secondary N) is 1. The Kier molecular flexibility index (Phi) is 3.98. The molecule has 2 heteroatoms. The first-order valence-corrected chi connectivity index (χ1v) is 2.63. The minimum atomic E-state index is 0.742. The maximum atomic E-state index is 5.01. The van der Waals surface area contributed by atoms with Crippen LogP contribution in [0, 0.1) is 0 Å². The van der Waals surface area contributed by atoms with E-state index in [1.165, 1.54) is 0 Å². The SMILES string of the molecule is C=C(/C=C\CC)NN. The van der Waals surface area contributed by atoms with Crippen LogP contribution in [-0.4, -0.2) is 0 Å². The highest BCUT2D eigenvalue weighted by Gasteiger charge is 1.74. The van der Waals surface area contributed by atoms with Crippen LogP contribution in [0.5, 0.6) is 0 Å². The molecule has 3 N–H and O–H groups in total. The maximum Gasteiger partial charge on any atom is 0.0410 e. The zero-order valence-corrected chi connectivity index (χ0v) is 5.15. The molecule has 0 radical (unpaired) electrons. The first-order chi connectivity index (χ1) is 3.81. The summed E-state index contributed by atoms with van der Waals surface area (Å²) in [5.41, 5.74) is 3.16. The van der Waals surface area contributed by atoms with Crippen molar-refractivity contribution >= 4 is 0 Å². The van der Waals surface area contributed by atoms with Crippen LogP contribution < -0.4 is 11.3 Å². The molecule has 46 valence electrons. The smallest absolute Gasteiger partial charge is 0.0410 e. The second-order valence-corrected chi connectivity index (χ2v) is 1.48. The van der Waals surface area contributed by atoms with E-state index in [0.29, 0.717) is 0 Å². The highest BCUT2D eigenvalue weighted by atomic mass is 15.2. The summed E-state index contributed by atoms with van der Waals surface area (Å²) in [6, 6.07) is 0. The van der Waals surface area contributed by atoms with E-state index in [9.17, 15) is 0 Å². The summed E-state index contributed by atoms with van der Waals surface area (Å²) in [6.45, 7) is 5.64. The van der Waals surface area contributed by atoms with E-state index in [-0.39, 0.29) is 0 Å². The zero-order chi connectivity index (χ0) is 6.41. The lowest BCUT2D eigenvalue weighted by Gasteiger charge is -1.92. The molecule has 0 heterocycles. The molecule has 0 aliphatic rings. The van der Waals surface area contributed by atoms with Crippen molar-refractivity contribution < 1.29 is 0 Å². The number of allylic oxidation sites excluding steroid dienone is 2. The first kappa shape index (κ1) is 7.24. The third-order valence-corrected chi connectivity index (χ3v) is 0.740. The molecule has 0 saturated heterocycles. The van der Waals surface area contributed by atoms with Crippen molar-refractivity contribution in [3.05, 3.63) is 24.4 Å². The number of hydrazine groups is 1. The summed E-state index contributed by atoms with van der Waals surface area (Å²) in [5, 5.41) is 0. The third kappa shape index (κ3) is 3.43. The molecule has 0 amide bonds. The van der Waals surface area contributed by atoms with Crippen molar-refractivity contribution in [3.8, 4) is 0 Å². The van der Waals surface area contributed by atoms with Gasteiger partial charge in [0, 0.05) is 5.70 Å². The number of rotatable bonds is 3. The van der Waals surface area contributed by atoms with E-state index in [4.69, 9.17) is 5.84 Å². The Hall–Kier alpha value is -0.760. The van der Waals surface area contributed by atoms with Gasteiger partial charge in [-0.15, -0.1) is 0 Å². The van der Waals surface area contributed by atoms with Crippen molar-refractivity contribution in [1.82, 2.24) is 5.43 Å². The number of nitrogens with two attached hydrogens (primary N) is 1. The fourth-order valence-electron chi connectivity index (χ4n) is 0.308. The summed E-state index contributed by atoms with van der Waals surface area (Å²) in [7, 11) is 0. The minimum Gasteiger partial charge on any atom is -0.325 e. The van der Waals surface area contributed by atoms with Crippen LogP contribution in [0.3, 0.4) is 0 Å². The second-order valence-electron chi connectivity index (χ2n) is 1.48. The van der Waals surface area contributed by atoms with Gasteiger partial charge in [0.25, 0.3) is 0 Å². The van der Waals surface area contributed by atoms with Crippen LogP contribution in [-0.2, 0) is 0 Å². The molecule has 0 aromatic carbocycles. The standard InChI is InChI=1S/C6H12N2/c1-3-4-5-6(2)8-7/h4-5,8H,2-3,7H2,1H3/b5-4-. The molecule has 0 rings (SSSR count). The Morgan fingerprint density at radius 1 is 1.88 bits per heavy atom. The molecule has 0 aromatic rings. The van der Waals surface area contributed by atoms with Crippen LogP contribution in [0.15, 0.2) is 24.4 Å². The van der Waals surface area contributed by atoms with Gasteiger partial charge in [-0.1, -0.05) is 19.6 Å². The van der Waals surface area contributed by atoms with Gasteiger partial charge >= 0.3 is 0 Å². The number of hydrogen-bond donors (Lipinski definition) is 2. The van der Waals surface area contributed by atoms with Crippen LogP contribution in [0.4, 0.5) is 0 Å². The third-order valence-electron chi connectivity index (χ3n) is 0.740. The predicted octanol–water partition coefficient (Wildman–Crippen LogP) is 0.930. The van der Waals surface area contributed by atoms with Crippen LogP contribution in [0.1, 0.15) is 13.3 Å². The predicted molar refractivity (Wildman–Crippen MR) is 35.9 cm³/mol. The van der Waals surface area contributed by atoms with E-state index in [0.717, 1.165) is 12.1 Å². The van der Waals surface area contributed by atoms with Crippen molar-refractivity contribution in [3.63, 3.8) is 0 Å². The molecule has 8 heavy (non-hydrogen) atoms. The topological polar surface area (TPSA) is 38.0 Å². The summed E-state index contributed by atoms with van der Waals surface area (Å²) in [4.78, 5) is 0. The Morgan fingerprint density at radius 3 is 2.88 bits per heavy atom. The Bertz CT molecular complexity index is 94.7. The summed E-state index contributed by atoms with van der Waals surface area (Å²) in [6.07, 6.45) is 4.85. The quantitative estimate of drug-likeness (QED) is 0.324. The molecule has 0 aromatic heterocycles. The largest absolute Gasteiger partial charge is 0.325 e. The van der Waals surface area contributed by atoms with Gasteiger partial charge in [-0.3, -0.25) is 5.84 Å². The van der Waals surface area contributed by atoms with Crippen molar-refractivity contribution in [2.45, 2.75) is 13.3 Å². The van der Waals surface area contributed by atoms with Gasteiger partial charge in [0.15, 0.2) is 0 Å². The molecule has 0 aliphatic heterocycles. The van der Waals surface area contributed by atoms with Gasteiger partial charge in [-0.2, -0.15) is 0 Å². The van der Waals surface area contributed by atoms with Crippen LogP contribution in [0.2, 0.25) is 0 Å². The van der Waals surface area contributed by atoms with E-state index in [1.807, 2.05) is 12.2 Å². The molecule has 2 nitrogen and oxygen atoms in total. The van der Waals surface area contributed by atoms with Gasteiger partial charge in [0.2, 0.25) is 0 Å². The maximum absolute atomic E-state index is 5.01. The lowest BCUT2D eigenvalue weighted by atomic mass is 10.4. The van der Waals surface area contributed by atoms with Gasteiger partial charge in [0.05, 0.1) is 0 Å². The van der Waals surface area contributed by atoms with Gasteiger partial charge in [0.1, 0.15) is 0 Å². The van der Waals surface area contributed by atoms with Crippen LogP contribution >= 0.6 is 0 Å². The molecule has 0 unspecified atom stereocenters. The number of hydrogen-bond acceptors (Lipinski definition) is 2. The molecule has 0 aliphatic carbocycles. The average Bonchev–Trinajstić information content (AvgIpc) is 1.83. The molecule has 0 atom stereocenters. The first-order valence-electron chi connectivity index (χ1n) is 2.63. The second kappa shape index (κ2) is 4.40. The Balaban J connectivity index is 3.37. The summed E-state index contributed by atoms with van der Waals surface area (Å²) < 4.78 is 0. The molecule has 0 spiro atoms. The van der Waals surface area contributed by atoms with Gasteiger partial charge in [-0.25, -0.2) is 0 Å². The van der Waals surface area contributed by atoms with Crippen LogP contribution in [0.25, 0.3) is 0 Å². The molecular formula is C6H12N2. The van der Waals surface area contributed by atoms with E-state index >= 15 is 0 Å². The minimum absolute atomic E-state index is 0.742. The average molecular weight is 112 g/mol. The Morgan fingerprint density at radius 2 is 2.50 bits per heavy atom. The highest BCUT2D eigenvalue weighted by Crippen LogP contribution is 1.85. The Labute approximate surface area is 50.0 Å². The monoisotopic (exact) mass is 112 g/mol. The van der Waals surface area contributed by atoms with E-state index < -0.39 is 0 Å².